The van der Waals surface area contributed by atoms with Crippen LogP contribution in [0.25, 0.3) is 0 Å². The summed E-state index contributed by atoms with van der Waals surface area (Å²) in [6.07, 6.45) is 0.788. The normalized spacial score (nSPS) is 14.3. The van der Waals surface area contributed by atoms with Crippen LogP contribution in [0.2, 0.25) is 5.02 Å². The zero-order valence-electron chi connectivity index (χ0n) is 11.0. The number of hydrogen-bond acceptors (Lipinski definition) is 5. The van der Waals surface area contributed by atoms with Gasteiger partial charge in [0.15, 0.2) is 17.3 Å². The number of aryl methyl sites for hydroxylation is 2. The highest BCUT2D eigenvalue weighted by Crippen LogP contribution is 2.39. The molecule has 104 valence electrons. The Labute approximate surface area is 120 Å². The van der Waals surface area contributed by atoms with E-state index in [-0.39, 0.29) is 6.79 Å². The van der Waals surface area contributed by atoms with Gasteiger partial charge in [-0.05, 0) is 37.1 Å². The Hall–Kier alpha value is -2.01. The van der Waals surface area contributed by atoms with Crippen LogP contribution in [0.4, 0.5) is 0 Å². The molecule has 1 unspecified atom stereocenters. The molecule has 1 aromatic carbocycles. The number of carbonyl (C=O) groups is 1. The van der Waals surface area contributed by atoms with Crippen molar-refractivity contribution in [2.45, 2.75) is 19.8 Å². The summed E-state index contributed by atoms with van der Waals surface area (Å²) in [6, 6.07) is 3.62. The second-order valence-corrected chi connectivity index (χ2v) is 5.00. The van der Waals surface area contributed by atoms with Crippen LogP contribution in [0.15, 0.2) is 16.7 Å². The van der Waals surface area contributed by atoms with Crippen LogP contribution in [0.5, 0.6) is 11.5 Å². The third-order valence-electron chi connectivity index (χ3n) is 3.33. The lowest BCUT2D eigenvalue weighted by atomic mass is 9.93. The fraction of sp³-hybridized carbons (Fsp3) is 0.286. The lowest BCUT2D eigenvalue weighted by Crippen LogP contribution is -2.04. The van der Waals surface area contributed by atoms with Gasteiger partial charge in [-0.1, -0.05) is 16.8 Å². The second kappa shape index (κ2) is 4.83. The van der Waals surface area contributed by atoms with E-state index in [4.69, 9.17) is 25.6 Å². The van der Waals surface area contributed by atoms with Gasteiger partial charge in [0.05, 0.1) is 5.69 Å². The quantitative estimate of drug-likeness (QED) is 0.814. The molecule has 3 rings (SSSR count). The molecular weight excluding hydrogens is 282 g/mol. The zero-order chi connectivity index (χ0) is 14.3. The number of aromatic nitrogens is 1. The van der Waals surface area contributed by atoms with E-state index < -0.39 is 5.92 Å². The largest absolute Gasteiger partial charge is 0.454 e. The summed E-state index contributed by atoms with van der Waals surface area (Å²) in [6.45, 7) is 3.81. The second-order valence-electron chi connectivity index (χ2n) is 4.62. The predicted molar refractivity (Wildman–Crippen MR) is 71.5 cm³/mol. The van der Waals surface area contributed by atoms with Crippen molar-refractivity contribution in [3.05, 3.63) is 39.7 Å². The van der Waals surface area contributed by atoms with Crippen molar-refractivity contribution in [1.82, 2.24) is 5.16 Å². The number of ether oxygens (including phenoxy) is 2. The Kier molecular flexibility index (Phi) is 3.14. The SMILES string of the molecule is Cc1cc2c(cc1C(C=O)c1onc(C)c1Cl)OCO2. The van der Waals surface area contributed by atoms with Crippen molar-refractivity contribution in [3.8, 4) is 11.5 Å². The molecule has 0 aliphatic carbocycles. The summed E-state index contributed by atoms with van der Waals surface area (Å²) >= 11 is 6.13. The smallest absolute Gasteiger partial charge is 0.231 e. The van der Waals surface area contributed by atoms with Gasteiger partial charge in [0.1, 0.15) is 17.2 Å². The highest BCUT2D eigenvalue weighted by molar-refractivity contribution is 6.32. The third kappa shape index (κ3) is 1.94. The van der Waals surface area contributed by atoms with Crippen molar-refractivity contribution in [2.24, 2.45) is 0 Å². The number of aldehydes is 1. The summed E-state index contributed by atoms with van der Waals surface area (Å²) in [4.78, 5) is 11.5. The molecule has 2 heterocycles. The minimum absolute atomic E-state index is 0.187. The van der Waals surface area contributed by atoms with E-state index in [2.05, 4.69) is 5.16 Å². The van der Waals surface area contributed by atoms with E-state index in [0.717, 1.165) is 17.4 Å². The van der Waals surface area contributed by atoms with Gasteiger partial charge in [-0.25, -0.2) is 0 Å². The third-order valence-corrected chi connectivity index (χ3v) is 3.79. The van der Waals surface area contributed by atoms with Crippen LogP contribution in [-0.2, 0) is 4.79 Å². The summed E-state index contributed by atoms with van der Waals surface area (Å²) in [5.74, 6) is 1.03. The molecule has 0 N–H and O–H groups in total. The first kappa shape index (κ1) is 13.0. The number of halogens is 1. The Morgan fingerprint density at radius 2 is 2.00 bits per heavy atom. The number of hydrogen-bond donors (Lipinski definition) is 0. The van der Waals surface area contributed by atoms with Crippen LogP contribution in [0, 0.1) is 13.8 Å². The molecule has 2 aromatic rings. The molecule has 6 heteroatoms. The molecule has 0 spiro atoms. The van der Waals surface area contributed by atoms with Crippen molar-refractivity contribution >= 4 is 17.9 Å². The van der Waals surface area contributed by atoms with Gasteiger partial charge in [0, 0.05) is 0 Å². The molecule has 1 atom stereocenters. The Bertz CT molecular complexity index is 680. The van der Waals surface area contributed by atoms with Crippen LogP contribution >= 0.6 is 11.6 Å². The average molecular weight is 294 g/mol. The molecule has 1 aliphatic heterocycles. The maximum absolute atomic E-state index is 11.5. The molecule has 20 heavy (non-hydrogen) atoms. The minimum atomic E-state index is -0.613. The maximum Gasteiger partial charge on any atom is 0.231 e. The van der Waals surface area contributed by atoms with Gasteiger partial charge in [-0.3, -0.25) is 0 Å². The molecule has 0 fully saturated rings. The fourth-order valence-electron chi connectivity index (χ4n) is 2.24. The molecule has 1 aromatic heterocycles. The highest BCUT2D eigenvalue weighted by atomic mass is 35.5. The minimum Gasteiger partial charge on any atom is -0.454 e. The van der Waals surface area contributed by atoms with Crippen LogP contribution in [-0.4, -0.2) is 18.2 Å². The van der Waals surface area contributed by atoms with E-state index >= 15 is 0 Å². The van der Waals surface area contributed by atoms with Gasteiger partial charge >= 0.3 is 0 Å². The summed E-state index contributed by atoms with van der Waals surface area (Å²) in [5, 5.41) is 4.17. The van der Waals surface area contributed by atoms with Crippen molar-refractivity contribution in [2.75, 3.05) is 6.79 Å². The van der Waals surface area contributed by atoms with E-state index in [1.54, 1.807) is 13.0 Å². The number of benzene rings is 1. The Balaban J connectivity index is 2.10. The molecule has 5 nitrogen and oxygen atoms in total. The van der Waals surface area contributed by atoms with Crippen LogP contribution in [0.1, 0.15) is 28.5 Å². The standard InChI is InChI=1S/C14H12ClNO4/c1-7-3-11-12(19-6-18-11)4-9(7)10(5-17)14-13(15)8(2)16-20-14/h3-5,10H,6H2,1-2H3. The monoisotopic (exact) mass is 293 g/mol. The number of carbonyl (C=O) groups excluding carboxylic acids is 1. The molecule has 0 amide bonds. The Morgan fingerprint density at radius 1 is 1.30 bits per heavy atom. The first-order valence-corrected chi connectivity index (χ1v) is 6.46. The summed E-state index contributed by atoms with van der Waals surface area (Å²) in [5.41, 5.74) is 2.23. The van der Waals surface area contributed by atoms with Crippen LogP contribution < -0.4 is 9.47 Å². The van der Waals surface area contributed by atoms with Crippen molar-refractivity contribution in [3.63, 3.8) is 0 Å². The van der Waals surface area contributed by atoms with Gasteiger partial charge in [-0.2, -0.15) is 0 Å². The molecule has 1 aliphatic rings. The molecule has 0 saturated carbocycles. The number of fused-ring (bicyclic) bond motifs is 1. The first-order chi connectivity index (χ1) is 9.61. The van der Waals surface area contributed by atoms with E-state index in [9.17, 15) is 4.79 Å². The summed E-state index contributed by atoms with van der Waals surface area (Å²) < 4.78 is 15.8. The molecule has 0 saturated heterocycles. The summed E-state index contributed by atoms with van der Waals surface area (Å²) in [7, 11) is 0. The van der Waals surface area contributed by atoms with Crippen molar-refractivity contribution < 1.29 is 18.8 Å². The van der Waals surface area contributed by atoms with Crippen molar-refractivity contribution in [1.29, 1.82) is 0 Å². The predicted octanol–water partition coefficient (Wildman–Crippen LogP) is 3.00. The number of rotatable bonds is 3. The van der Waals surface area contributed by atoms with Crippen LogP contribution in [0.3, 0.4) is 0 Å². The molecule has 0 bridgehead atoms. The lowest BCUT2D eigenvalue weighted by Gasteiger charge is -2.12. The van der Waals surface area contributed by atoms with E-state index in [0.29, 0.717) is 28.0 Å². The van der Waals surface area contributed by atoms with Gasteiger partial charge in [-0.15, -0.1) is 0 Å². The lowest BCUT2D eigenvalue weighted by molar-refractivity contribution is -0.108. The highest BCUT2D eigenvalue weighted by Gasteiger charge is 2.27. The molecular formula is C14H12ClNO4. The van der Waals surface area contributed by atoms with Gasteiger partial charge in [0.2, 0.25) is 6.79 Å². The first-order valence-electron chi connectivity index (χ1n) is 6.09. The topological polar surface area (TPSA) is 61.6 Å². The zero-order valence-corrected chi connectivity index (χ0v) is 11.7. The fourth-order valence-corrected chi connectivity index (χ4v) is 2.43. The number of nitrogens with zero attached hydrogens (tertiary/aromatic N) is 1. The van der Waals surface area contributed by atoms with E-state index in [1.807, 2.05) is 13.0 Å². The van der Waals surface area contributed by atoms with E-state index in [1.165, 1.54) is 0 Å². The Morgan fingerprint density at radius 3 is 2.60 bits per heavy atom. The van der Waals surface area contributed by atoms with Gasteiger partial charge in [0.25, 0.3) is 0 Å². The molecule has 0 radical (unpaired) electrons. The van der Waals surface area contributed by atoms with Gasteiger partial charge < -0.3 is 18.8 Å². The average Bonchev–Trinajstić information content (AvgIpc) is 3.00. The maximum atomic E-state index is 11.5.